The van der Waals surface area contributed by atoms with Crippen molar-refractivity contribution in [2.24, 2.45) is 9.98 Å². The van der Waals surface area contributed by atoms with Crippen LogP contribution in [0.1, 0.15) is 89.5 Å². The minimum Gasteiger partial charge on any atom is -2.00 e. The number of hydrogen-bond donors (Lipinski definition) is 0. The third kappa shape index (κ3) is 11.9. The Morgan fingerprint density at radius 1 is 0.737 bits per heavy atom. The Morgan fingerprint density at radius 3 is 1.34 bits per heavy atom. The van der Waals surface area contributed by atoms with Gasteiger partial charge in [0.25, 0.3) is 0 Å². The summed E-state index contributed by atoms with van der Waals surface area (Å²) in [6, 6.07) is 11.0. The van der Waals surface area contributed by atoms with Crippen LogP contribution < -0.4 is 10.2 Å². The average molecular weight is 619 g/mol. The maximum atomic E-state index is 12.4. The molecule has 9 heteroatoms. The van der Waals surface area contributed by atoms with Crippen molar-refractivity contribution < 1.29 is 34.2 Å². The zero-order chi connectivity index (χ0) is 27.1. The van der Waals surface area contributed by atoms with E-state index in [1.165, 1.54) is 0 Å². The molecule has 38 heavy (non-hydrogen) atoms. The standard InChI is InChI=1S/C28H38N2O2.CHCl3.O.V/c1-27(2,3)21-11-13-25(31)19(15-21)17-29-23-9-7-8-10-24(23)30-18-20-16-22(28(4,5)6)12-14-26(20)32;2-1(3)4;;/h11-18,23-24,31-32H,7-10H2,1-6H3;1H;;/q;;-2;+4/p-2/t23-,24-;;;/m1.../s1. The summed E-state index contributed by atoms with van der Waals surface area (Å²) in [6.07, 6.45) is 7.56. The van der Waals surface area contributed by atoms with E-state index < -0.39 is 4.30 Å². The summed E-state index contributed by atoms with van der Waals surface area (Å²) in [7, 11) is 0. The van der Waals surface area contributed by atoms with Gasteiger partial charge in [-0.25, -0.2) is 0 Å². The average Bonchev–Trinajstić information content (AvgIpc) is 2.76. The quantitative estimate of drug-likeness (QED) is 0.269. The van der Waals surface area contributed by atoms with Crippen molar-refractivity contribution in [3.05, 3.63) is 58.7 Å². The van der Waals surface area contributed by atoms with Gasteiger partial charge in [0, 0.05) is 12.4 Å². The zero-order valence-electron chi connectivity index (χ0n) is 22.9. The van der Waals surface area contributed by atoms with Gasteiger partial charge in [0.2, 0.25) is 0 Å². The van der Waals surface area contributed by atoms with Crippen LogP contribution in [-0.4, -0.2) is 28.8 Å². The second-order valence-corrected chi connectivity index (χ2v) is 13.2. The fourth-order valence-electron chi connectivity index (χ4n) is 4.02. The molecule has 0 heterocycles. The number of nitrogens with zero attached hydrogens (tertiary/aromatic N) is 2. The van der Waals surface area contributed by atoms with Crippen LogP contribution in [0.2, 0.25) is 0 Å². The molecular weight excluding hydrogens is 582 g/mol. The van der Waals surface area contributed by atoms with Crippen molar-refractivity contribution in [1.82, 2.24) is 0 Å². The largest absolute Gasteiger partial charge is 4.00 e. The van der Waals surface area contributed by atoms with E-state index in [2.05, 4.69) is 41.5 Å². The van der Waals surface area contributed by atoms with Gasteiger partial charge in [-0.2, -0.15) is 0 Å². The van der Waals surface area contributed by atoms with Gasteiger partial charge in [-0.1, -0.05) is 126 Å². The molecule has 0 saturated heterocycles. The van der Waals surface area contributed by atoms with Crippen molar-refractivity contribution in [3.63, 3.8) is 0 Å². The number of hydrogen-bond acceptors (Lipinski definition) is 4. The van der Waals surface area contributed by atoms with Gasteiger partial charge >= 0.3 is 18.6 Å². The van der Waals surface area contributed by atoms with Crippen LogP contribution in [0.25, 0.3) is 0 Å². The molecule has 1 aliphatic carbocycles. The topological polar surface area (TPSA) is 99.3 Å². The molecule has 5 nitrogen and oxygen atoms in total. The Balaban J connectivity index is 0.00000213. The Labute approximate surface area is 254 Å². The summed E-state index contributed by atoms with van der Waals surface area (Å²) in [6.45, 7) is 12.8. The molecule has 1 aliphatic rings. The number of rotatable bonds is 4. The minimum atomic E-state index is -0.750. The molecule has 2 aromatic carbocycles. The van der Waals surface area contributed by atoms with Crippen LogP contribution in [0.5, 0.6) is 11.5 Å². The molecule has 1 radical (unpaired) electrons. The van der Waals surface area contributed by atoms with E-state index in [-0.39, 0.29) is 58.4 Å². The van der Waals surface area contributed by atoms with E-state index in [1.807, 2.05) is 24.3 Å². The molecule has 0 N–H and O–H groups in total. The summed E-state index contributed by atoms with van der Waals surface area (Å²) in [5.41, 5.74) is 3.46. The molecule has 0 aliphatic heterocycles. The van der Waals surface area contributed by atoms with Crippen molar-refractivity contribution in [1.29, 1.82) is 0 Å². The van der Waals surface area contributed by atoms with Crippen LogP contribution in [0.4, 0.5) is 0 Å². The monoisotopic (exact) mass is 617 g/mol. The van der Waals surface area contributed by atoms with E-state index in [0.29, 0.717) is 11.1 Å². The van der Waals surface area contributed by atoms with Crippen molar-refractivity contribution in [2.75, 3.05) is 0 Å². The summed E-state index contributed by atoms with van der Waals surface area (Å²) in [5.74, 6) is -0.0137. The molecule has 0 bridgehead atoms. The van der Waals surface area contributed by atoms with Gasteiger partial charge in [0.05, 0.1) is 12.1 Å². The van der Waals surface area contributed by atoms with Crippen LogP contribution in [-0.2, 0) is 34.9 Å². The van der Waals surface area contributed by atoms with Gasteiger partial charge in [-0.15, -0.1) is 11.5 Å². The third-order valence-electron chi connectivity index (χ3n) is 6.26. The number of aliphatic imine (C=N–C) groups is 2. The van der Waals surface area contributed by atoms with Gasteiger partial charge < -0.3 is 15.7 Å². The molecule has 207 valence electrons. The molecule has 0 unspecified atom stereocenters. The van der Waals surface area contributed by atoms with Crippen molar-refractivity contribution in [3.8, 4) is 11.5 Å². The fourth-order valence-corrected chi connectivity index (χ4v) is 4.02. The first-order chi connectivity index (χ1) is 16.7. The molecule has 1 saturated carbocycles. The van der Waals surface area contributed by atoms with Crippen molar-refractivity contribution >= 4 is 47.2 Å². The summed E-state index contributed by atoms with van der Waals surface area (Å²) >= 11 is 14.4. The van der Waals surface area contributed by atoms with E-state index in [4.69, 9.17) is 44.8 Å². The number of halogens is 3. The Hall–Kier alpha value is -1.21. The molecule has 0 spiro atoms. The third-order valence-corrected chi connectivity index (χ3v) is 6.26. The molecule has 0 aromatic heterocycles. The van der Waals surface area contributed by atoms with Crippen LogP contribution in [0, 0.1) is 0 Å². The smallest absolute Gasteiger partial charge is 2.00 e. The van der Waals surface area contributed by atoms with Gasteiger partial charge in [0.1, 0.15) is 0 Å². The summed E-state index contributed by atoms with van der Waals surface area (Å²) in [4.78, 5) is 9.59. The number of benzene rings is 2. The first-order valence-corrected chi connectivity index (χ1v) is 13.6. The van der Waals surface area contributed by atoms with E-state index in [1.54, 1.807) is 24.6 Å². The van der Waals surface area contributed by atoms with Crippen LogP contribution in [0.3, 0.4) is 0 Å². The van der Waals surface area contributed by atoms with Crippen LogP contribution in [0.15, 0.2) is 46.4 Å². The van der Waals surface area contributed by atoms with E-state index in [0.717, 1.165) is 36.8 Å². The molecule has 2 atom stereocenters. The predicted octanol–water partition coefficient (Wildman–Crippen LogP) is 7.14. The maximum Gasteiger partial charge on any atom is 4.00 e. The minimum absolute atomic E-state index is 0. The SMILES string of the molecule is CC(C)(C)c1ccc([O-])c(C=N[C@@H]2CCCC[C@H]2N=Cc2cc(C(C)(C)C)ccc2[O-])c1.ClC(Cl)Cl.[O-2].[V+4]. The van der Waals surface area contributed by atoms with Gasteiger partial charge in [0.15, 0.2) is 4.30 Å². The molecule has 0 amide bonds. The Morgan fingerprint density at radius 2 is 1.05 bits per heavy atom. The normalized spacial score (nSPS) is 18.1. The molecule has 3 rings (SSSR count). The summed E-state index contributed by atoms with van der Waals surface area (Å²) < 4.78 is -0.750. The fraction of sp³-hybridized carbons (Fsp3) is 0.517. The van der Waals surface area contributed by atoms with Crippen molar-refractivity contribution in [2.45, 2.75) is 94.4 Å². The van der Waals surface area contributed by atoms with E-state index >= 15 is 0 Å². The molecule has 2 aromatic rings. The van der Waals surface area contributed by atoms with Crippen LogP contribution >= 0.6 is 34.8 Å². The maximum absolute atomic E-state index is 12.4. The Kier molecular flexibility index (Phi) is 15.6. The first kappa shape index (κ1) is 36.8. The predicted molar refractivity (Wildman–Crippen MR) is 152 cm³/mol. The second-order valence-electron chi connectivity index (χ2n) is 11.2. The zero-order valence-corrected chi connectivity index (χ0v) is 26.5. The molecular formula is C29H37Cl3N2O3V. The first-order valence-electron chi connectivity index (χ1n) is 12.3. The molecule has 1 fully saturated rings. The second kappa shape index (κ2) is 16.2. The summed E-state index contributed by atoms with van der Waals surface area (Å²) in [5, 5.41) is 24.7. The van der Waals surface area contributed by atoms with Gasteiger partial charge in [-0.05, 0) is 45.9 Å². The van der Waals surface area contributed by atoms with E-state index in [9.17, 15) is 10.2 Å². The number of alkyl halides is 3. The Bertz CT molecular complexity index is 980. The van der Waals surface area contributed by atoms with Gasteiger partial charge in [-0.3, -0.25) is 9.98 Å².